The van der Waals surface area contributed by atoms with Gasteiger partial charge in [-0.3, -0.25) is 19.2 Å². The highest BCUT2D eigenvalue weighted by Crippen LogP contribution is 2.20. The Kier molecular flexibility index (Phi) is 8.56. The van der Waals surface area contributed by atoms with E-state index in [2.05, 4.69) is 10.6 Å². The number of nitrogens with one attached hydrogen (secondary N) is 2. The summed E-state index contributed by atoms with van der Waals surface area (Å²) in [6, 6.07) is 5.96. The molecule has 4 unspecified atom stereocenters. The molecule has 0 bridgehead atoms. The molecule has 0 aromatic heterocycles. The fourth-order valence-corrected chi connectivity index (χ4v) is 3.62. The summed E-state index contributed by atoms with van der Waals surface area (Å²) in [6.07, 6.45) is 1.51. The molecule has 4 atom stereocenters. The summed E-state index contributed by atoms with van der Waals surface area (Å²) in [7, 11) is 0. The number of carboxylic acids is 1. The van der Waals surface area contributed by atoms with Gasteiger partial charge in [0, 0.05) is 6.54 Å². The smallest absolute Gasteiger partial charge is 0.325 e. The summed E-state index contributed by atoms with van der Waals surface area (Å²) in [5.74, 6) is -2.74. The maximum Gasteiger partial charge on any atom is 0.325 e. The van der Waals surface area contributed by atoms with Crippen LogP contribution in [0.3, 0.4) is 0 Å². The zero-order valence-electron chi connectivity index (χ0n) is 18.2. The number of nitrogens with two attached hydrogens (primary N) is 1. The van der Waals surface area contributed by atoms with Crippen molar-refractivity contribution in [3.8, 4) is 0 Å². The average molecular weight is 433 g/mol. The Morgan fingerprint density at radius 1 is 1.13 bits per heavy atom. The number of carbonyl (C=O) groups excluding carboxylic acids is 3. The van der Waals surface area contributed by atoms with Crippen molar-refractivity contribution in [1.82, 2.24) is 15.5 Å². The molecule has 1 aliphatic rings. The monoisotopic (exact) mass is 432 g/mol. The van der Waals surface area contributed by atoms with Crippen LogP contribution in [0, 0.1) is 5.92 Å². The predicted molar refractivity (Wildman–Crippen MR) is 115 cm³/mol. The minimum absolute atomic E-state index is 0.268. The van der Waals surface area contributed by atoms with Crippen molar-refractivity contribution in [3.05, 3.63) is 35.9 Å². The largest absolute Gasteiger partial charge is 0.480 e. The van der Waals surface area contributed by atoms with Crippen LogP contribution < -0.4 is 16.4 Å². The molecule has 1 aromatic carbocycles. The molecule has 1 fully saturated rings. The van der Waals surface area contributed by atoms with Gasteiger partial charge < -0.3 is 26.4 Å². The third-order valence-electron chi connectivity index (χ3n) is 5.43. The summed E-state index contributed by atoms with van der Waals surface area (Å²) in [4.78, 5) is 50.8. The van der Waals surface area contributed by atoms with Gasteiger partial charge >= 0.3 is 5.97 Å². The molecule has 1 heterocycles. The van der Waals surface area contributed by atoms with E-state index in [1.165, 1.54) is 11.8 Å². The second-order valence-electron chi connectivity index (χ2n) is 8.28. The number of likely N-dealkylation sites (tertiary alicyclic amines) is 1. The second-order valence-corrected chi connectivity index (χ2v) is 8.28. The van der Waals surface area contributed by atoms with Crippen molar-refractivity contribution in [2.45, 2.75) is 64.2 Å². The van der Waals surface area contributed by atoms with Gasteiger partial charge in [-0.1, -0.05) is 44.2 Å². The van der Waals surface area contributed by atoms with E-state index in [1.807, 2.05) is 30.3 Å². The SMILES string of the molecule is CC(NC(=O)C(NC(=O)C1CCCN1C(=O)C(N)Cc1ccccc1)C(C)C)C(=O)O. The zero-order chi connectivity index (χ0) is 23.1. The first-order chi connectivity index (χ1) is 14.6. The number of carboxylic acid groups (broad SMARTS) is 1. The van der Waals surface area contributed by atoms with E-state index >= 15 is 0 Å². The van der Waals surface area contributed by atoms with Crippen LogP contribution in [0.4, 0.5) is 0 Å². The zero-order valence-corrected chi connectivity index (χ0v) is 18.2. The minimum Gasteiger partial charge on any atom is -0.480 e. The molecule has 0 radical (unpaired) electrons. The Balaban J connectivity index is 2.04. The first-order valence-electron chi connectivity index (χ1n) is 10.5. The van der Waals surface area contributed by atoms with Gasteiger partial charge in [0.2, 0.25) is 17.7 Å². The third kappa shape index (κ3) is 6.52. The molecule has 31 heavy (non-hydrogen) atoms. The molecule has 3 amide bonds. The molecule has 5 N–H and O–H groups in total. The highest BCUT2D eigenvalue weighted by Gasteiger charge is 2.38. The van der Waals surface area contributed by atoms with Gasteiger partial charge in [0.15, 0.2) is 0 Å². The molecule has 9 nitrogen and oxygen atoms in total. The third-order valence-corrected chi connectivity index (χ3v) is 5.43. The molecular formula is C22H32N4O5. The topological polar surface area (TPSA) is 142 Å². The number of rotatable bonds is 9. The lowest BCUT2D eigenvalue weighted by Crippen LogP contribution is -2.57. The van der Waals surface area contributed by atoms with Crippen LogP contribution in [-0.4, -0.2) is 64.4 Å². The van der Waals surface area contributed by atoms with Crippen molar-refractivity contribution in [1.29, 1.82) is 0 Å². The quantitative estimate of drug-likeness (QED) is 0.441. The first-order valence-corrected chi connectivity index (χ1v) is 10.5. The van der Waals surface area contributed by atoms with E-state index in [0.29, 0.717) is 25.8 Å². The molecule has 0 spiro atoms. The Morgan fingerprint density at radius 2 is 1.77 bits per heavy atom. The van der Waals surface area contributed by atoms with Crippen LogP contribution in [-0.2, 0) is 25.6 Å². The van der Waals surface area contributed by atoms with Crippen molar-refractivity contribution in [2.24, 2.45) is 11.7 Å². The lowest BCUT2D eigenvalue weighted by Gasteiger charge is -2.29. The van der Waals surface area contributed by atoms with E-state index in [1.54, 1.807) is 13.8 Å². The minimum atomic E-state index is -1.16. The fraction of sp³-hybridized carbons (Fsp3) is 0.545. The number of amides is 3. The summed E-state index contributed by atoms with van der Waals surface area (Å²) < 4.78 is 0. The maximum absolute atomic E-state index is 12.9. The van der Waals surface area contributed by atoms with Gasteiger partial charge in [-0.25, -0.2) is 0 Å². The molecule has 2 rings (SSSR count). The Morgan fingerprint density at radius 3 is 2.35 bits per heavy atom. The second kappa shape index (κ2) is 10.9. The van der Waals surface area contributed by atoms with Gasteiger partial charge in [-0.2, -0.15) is 0 Å². The first kappa shape index (κ1) is 24.3. The van der Waals surface area contributed by atoms with E-state index in [4.69, 9.17) is 10.8 Å². The average Bonchev–Trinajstić information content (AvgIpc) is 3.21. The normalized spacial score (nSPS) is 18.9. The standard InChI is InChI=1S/C22H32N4O5/c1-13(2)18(20(28)24-14(3)22(30)31)25-19(27)17-10-7-11-26(17)21(29)16(23)12-15-8-5-4-6-9-15/h4-6,8-9,13-14,16-18H,7,10-12,23H2,1-3H3,(H,24,28)(H,25,27)(H,30,31). The van der Waals surface area contributed by atoms with Crippen molar-refractivity contribution in [2.75, 3.05) is 6.54 Å². The summed E-state index contributed by atoms with van der Waals surface area (Å²) in [6.45, 7) is 5.28. The van der Waals surface area contributed by atoms with Gasteiger partial charge in [0.05, 0.1) is 6.04 Å². The Bertz CT molecular complexity index is 798. The Hall–Kier alpha value is -2.94. The number of carbonyl (C=O) groups is 4. The number of aliphatic carboxylic acids is 1. The molecule has 9 heteroatoms. The number of hydrogen-bond acceptors (Lipinski definition) is 5. The highest BCUT2D eigenvalue weighted by atomic mass is 16.4. The molecule has 0 saturated carbocycles. The lowest BCUT2D eigenvalue weighted by atomic mass is 10.0. The molecule has 1 aliphatic heterocycles. The van der Waals surface area contributed by atoms with Gasteiger partial charge in [0.1, 0.15) is 18.1 Å². The predicted octanol–water partition coefficient (Wildman–Crippen LogP) is 0.278. The molecule has 1 aromatic rings. The Labute approximate surface area is 182 Å². The molecule has 170 valence electrons. The van der Waals surface area contributed by atoms with Crippen LogP contribution >= 0.6 is 0 Å². The van der Waals surface area contributed by atoms with Crippen LogP contribution in [0.2, 0.25) is 0 Å². The molecule has 1 saturated heterocycles. The van der Waals surface area contributed by atoms with Gasteiger partial charge in [-0.15, -0.1) is 0 Å². The van der Waals surface area contributed by atoms with Crippen molar-refractivity contribution < 1.29 is 24.3 Å². The van der Waals surface area contributed by atoms with Crippen LogP contribution in [0.15, 0.2) is 30.3 Å². The number of hydrogen-bond donors (Lipinski definition) is 4. The lowest BCUT2D eigenvalue weighted by molar-refractivity contribution is -0.143. The molecule has 0 aliphatic carbocycles. The van der Waals surface area contributed by atoms with E-state index in [-0.39, 0.29) is 11.8 Å². The fourth-order valence-electron chi connectivity index (χ4n) is 3.62. The highest BCUT2D eigenvalue weighted by molar-refractivity contribution is 5.94. The van der Waals surface area contributed by atoms with Crippen molar-refractivity contribution in [3.63, 3.8) is 0 Å². The van der Waals surface area contributed by atoms with Crippen molar-refractivity contribution >= 4 is 23.7 Å². The molecular weight excluding hydrogens is 400 g/mol. The summed E-state index contributed by atoms with van der Waals surface area (Å²) in [5, 5.41) is 14.1. The number of benzene rings is 1. The van der Waals surface area contributed by atoms with E-state index in [0.717, 1.165) is 5.56 Å². The van der Waals surface area contributed by atoms with E-state index in [9.17, 15) is 19.2 Å². The summed E-state index contributed by atoms with van der Waals surface area (Å²) >= 11 is 0. The van der Waals surface area contributed by atoms with Crippen LogP contribution in [0.25, 0.3) is 0 Å². The maximum atomic E-state index is 12.9. The van der Waals surface area contributed by atoms with Gasteiger partial charge in [0.25, 0.3) is 0 Å². The number of nitrogens with zero attached hydrogens (tertiary/aromatic N) is 1. The summed E-state index contributed by atoms with van der Waals surface area (Å²) in [5.41, 5.74) is 7.07. The van der Waals surface area contributed by atoms with E-state index < -0.39 is 42.0 Å². The van der Waals surface area contributed by atoms with Gasteiger partial charge in [-0.05, 0) is 37.7 Å². The van der Waals surface area contributed by atoms with Crippen LogP contribution in [0.5, 0.6) is 0 Å². The van der Waals surface area contributed by atoms with Crippen LogP contribution in [0.1, 0.15) is 39.2 Å².